The van der Waals surface area contributed by atoms with Gasteiger partial charge in [0.1, 0.15) is 15.9 Å². The quantitative estimate of drug-likeness (QED) is 0.411. The van der Waals surface area contributed by atoms with Crippen LogP contribution in [0.1, 0.15) is 27.0 Å². The zero-order valence-corrected chi connectivity index (χ0v) is 19.3. The van der Waals surface area contributed by atoms with Crippen molar-refractivity contribution in [3.63, 3.8) is 0 Å². The van der Waals surface area contributed by atoms with Gasteiger partial charge in [0.2, 0.25) is 5.13 Å². The summed E-state index contributed by atoms with van der Waals surface area (Å²) in [6.07, 6.45) is 4.92. The Kier molecular flexibility index (Phi) is 5.91. The van der Waals surface area contributed by atoms with Gasteiger partial charge in [-0.15, -0.1) is 25.3 Å². The number of nitroso groups, excluding NO2 is 1. The van der Waals surface area contributed by atoms with Crippen LogP contribution < -0.4 is 10.1 Å². The molecular formula is C19H19ClN6O3S2. The molecule has 1 N–H and O–H groups in total. The summed E-state index contributed by atoms with van der Waals surface area (Å²) in [6.45, 7) is 1.83. The summed E-state index contributed by atoms with van der Waals surface area (Å²) in [5, 5.41) is 12.5. The lowest BCUT2D eigenvalue weighted by atomic mass is 10.0. The number of anilines is 1. The Hall–Kier alpha value is -2.63. The number of aromatic nitrogens is 4. The maximum atomic E-state index is 13.1. The number of carbonyl (C=O) groups excluding carboxylic acids is 1. The highest BCUT2D eigenvalue weighted by molar-refractivity contribution is 8.33. The van der Waals surface area contributed by atoms with Gasteiger partial charge in [-0.3, -0.25) is 15.1 Å². The molecule has 1 amide bonds. The first-order valence-electron chi connectivity index (χ1n) is 9.21. The molecule has 0 radical (unpaired) electrons. The fourth-order valence-electron chi connectivity index (χ4n) is 3.39. The lowest BCUT2D eigenvalue weighted by Gasteiger charge is -2.42. The van der Waals surface area contributed by atoms with Crippen molar-refractivity contribution in [1.29, 1.82) is 0 Å². The van der Waals surface area contributed by atoms with Gasteiger partial charge in [-0.05, 0) is 29.9 Å². The van der Waals surface area contributed by atoms with Gasteiger partial charge in [0.15, 0.2) is 0 Å². The highest BCUT2D eigenvalue weighted by Crippen LogP contribution is 2.60. The van der Waals surface area contributed by atoms with E-state index in [0.29, 0.717) is 39.1 Å². The first-order chi connectivity index (χ1) is 14.8. The minimum atomic E-state index is -1.40. The van der Waals surface area contributed by atoms with E-state index in [2.05, 4.69) is 30.1 Å². The first-order valence-corrected chi connectivity index (χ1v) is 12.7. The van der Waals surface area contributed by atoms with Crippen molar-refractivity contribution in [1.82, 2.24) is 20.2 Å². The number of amides is 1. The van der Waals surface area contributed by atoms with Crippen LogP contribution >= 0.6 is 33.2 Å². The molecule has 0 aliphatic carbocycles. The maximum absolute atomic E-state index is 13.1. The molecule has 1 saturated heterocycles. The van der Waals surface area contributed by atoms with E-state index in [4.69, 9.17) is 16.3 Å². The van der Waals surface area contributed by atoms with Gasteiger partial charge < -0.3 is 4.74 Å². The van der Waals surface area contributed by atoms with Gasteiger partial charge in [0.05, 0.1) is 18.9 Å². The number of nitrogens with zero attached hydrogens (tertiary/aromatic N) is 5. The van der Waals surface area contributed by atoms with Crippen molar-refractivity contribution in [2.45, 2.75) is 12.8 Å². The fourth-order valence-corrected chi connectivity index (χ4v) is 6.67. The van der Waals surface area contributed by atoms with Crippen LogP contribution in [0.3, 0.4) is 0 Å². The molecule has 0 saturated carbocycles. The second kappa shape index (κ2) is 8.48. The van der Waals surface area contributed by atoms with Crippen molar-refractivity contribution in [3.05, 3.63) is 50.9 Å². The van der Waals surface area contributed by atoms with Crippen LogP contribution in [0.15, 0.2) is 29.1 Å². The summed E-state index contributed by atoms with van der Waals surface area (Å²) in [7, 11) is 0.130. The lowest BCUT2D eigenvalue weighted by molar-refractivity contribution is 0.102. The van der Waals surface area contributed by atoms with Crippen LogP contribution in [0, 0.1) is 11.8 Å². The Bertz CT molecular complexity index is 1170. The first kappa shape index (κ1) is 21.6. The van der Waals surface area contributed by atoms with Crippen LogP contribution in [0.5, 0.6) is 5.75 Å². The van der Waals surface area contributed by atoms with Gasteiger partial charge >= 0.3 is 0 Å². The zero-order chi connectivity index (χ0) is 22.2. The van der Waals surface area contributed by atoms with E-state index in [1.54, 1.807) is 12.1 Å². The highest BCUT2D eigenvalue weighted by atomic mass is 35.5. The maximum Gasteiger partial charge on any atom is 0.259 e. The molecule has 0 unspecified atom stereocenters. The third kappa shape index (κ3) is 4.39. The fraction of sp³-hybridized carbons (Fsp3) is 0.316. The van der Waals surface area contributed by atoms with Crippen LogP contribution in [-0.2, 0) is 0 Å². The number of ether oxygens (including phenoxy) is 1. The van der Waals surface area contributed by atoms with E-state index in [0.717, 1.165) is 10.7 Å². The molecule has 0 spiro atoms. The second-order valence-electron chi connectivity index (χ2n) is 7.31. The van der Waals surface area contributed by atoms with E-state index in [1.807, 2.05) is 13.2 Å². The number of rotatable bonds is 6. The molecular weight excluding hydrogens is 460 g/mol. The van der Waals surface area contributed by atoms with Crippen LogP contribution in [0.25, 0.3) is 11.1 Å². The number of halogens is 1. The van der Waals surface area contributed by atoms with E-state index < -0.39 is 10.2 Å². The predicted molar refractivity (Wildman–Crippen MR) is 123 cm³/mol. The molecule has 31 heavy (non-hydrogen) atoms. The normalized spacial score (nSPS) is 22.1. The Balaban J connectivity index is 1.59. The van der Waals surface area contributed by atoms with Gasteiger partial charge in [-0.1, -0.05) is 22.9 Å². The Morgan fingerprint density at radius 3 is 2.74 bits per heavy atom. The molecule has 9 nitrogen and oxygen atoms in total. The van der Waals surface area contributed by atoms with E-state index in [9.17, 15) is 9.70 Å². The predicted octanol–water partition coefficient (Wildman–Crippen LogP) is 4.43. The third-order valence-electron chi connectivity index (χ3n) is 4.94. The molecule has 3 aromatic heterocycles. The zero-order valence-electron chi connectivity index (χ0n) is 17.0. The molecule has 162 valence electrons. The molecule has 1 fully saturated rings. The van der Waals surface area contributed by atoms with Gasteiger partial charge in [-0.25, -0.2) is 4.98 Å². The van der Waals surface area contributed by atoms with Crippen molar-refractivity contribution in [2.24, 2.45) is 4.58 Å². The summed E-state index contributed by atoms with van der Waals surface area (Å²) >= 11 is 7.39. The summed E-state index contributed by atoms with van der Waals surface area (Å²) < 4.78 is 8.65. The number of pyridine rings is 2. The SMILES string of the molecule is COc1cnc(Cl)cc1-c1cc(C)ncc1C(=O)Nc1nnc(C2CS(C)(N=O)C2)s1. The second-order valence-corrected chi connectivity index (χ2v) is 12.0. The molecule has 0 bridgehead atoms. The molecule has 4 rings (SSSR count). The van der Waals surface area contributed by atoms with Crippen molar-refractivity contribution < 1.29 is 9.53 Å². The van der Waals surface area contributed by atoms with Crippen molar-refractivity contribution in [2.75, 3.05) is 30.2 Å². The van der Waals surface area contributed by atoms with Crippen LogP contribution in [0.4, 0.5) is 5.13 Å². The van der Waals surface area contributed by atoms with E-state index in [1.165, 1.54) is 30.8 Å². The summed E-state index contributed by atoms with van der Waals surface area (Å²) in [5.74, 6) is 1.71. The molecule has 3 aromatic rings. The van der Waals surface area contributed by atoms with Gasteiger partial charge in [0.25, 0.3) is 5.91 Å². The Morgan fingerprint density at radius 1 is 1.26 bits per heavy atom. The van der Waals surface area contributed by atoms with Crippen molar-refractivity contribution in [3.8, 4) is 16.9 Å². The molecule has 0 atom stereocenters. The molecule has 0 aromatic carbocycles. The Morgan fingerprint density at radius 2 is 2.03 bits per heavy atom. The average molecular weight is 479 g/mol. The molecule has 4 heterocycles. The van der Waals surface area contributed by atoms with Crippen LogP contribution in [-0.4, -0.2) is 50.9 Å². The van der Waals surface area contributed by atoms with Gasteiger partial charge in [-0.2, -0.15) is 0 Å². The number of carbonyl (C=O) groups is 1. The largest absolute Gasteiger partial charge is 0.494 e. The van der Waals surface area contributed by atoms with Crippen molar-refractivity contribution >= 4 is 44.2 Å². The van der Waals surface area contributed by atoms with E-state index in [-0.39, 0.29) is 17.0 Å². The highest BCUT2D eigenvalue weighted by Gasteiger charge is 2.40. The minimum Gasteiger partial charge on any atom is -0.494 e. The summed E-state index contributed by atoms with van der Waals surface area (Å²) in [6, 6.07) is 3.44. The topological polar surface area (TPSA) is 119 Å². The lowest BCUT2D eigenvalue weighted by Crippen LogP contribution is -2.28. The smallest absolute Gasteiger partial charge is 0.259 e. The van der Waals surface area contributed by atoms with Crippen LogP contribution in [0.2, 0.25) is 5.15 Å². The minimum absolute atomic E-state index is 0.167. The number of aryl methyl sites for hydroxylation is 1. The molecule has 1 aliphatic rings. The number of hydrogen-bond donors (Lipinski definition) is 1. The molecule has 12 heteroatoms. The monoisotopic (exact) mass is 478 g/mol. The third-order valence-corrected chi connectivity index (χ3v) is 8.75. The molecule has 1 aliphatic heterocycles. The average Bonchev–Trinajstić information content (AvgIpc) is 3.19. The van der Waals surface area contributed by atoms with E-state index >= 15 is 0 Å². The van der Waals surface area contributed by atoms with Gasteiger partial charge in [0, 0.05) is 40.4 Å². The Labute approximate surface area is 189 Å². The number of methoxy groups -OCH3 is 1. The summed E-state index contributed by atoms with van der Waals surface area (Å²) in [4.78, 5) is 32.3. The summed E-state index contributed by atoms with van der Waals surface area (Å²) in [5.41, 5.74) is 2.33. The number of hydrogen-bond acceptors (Lipinski definition) is 9. The standard InChI is InChI=1S/C19H19ClN6O3S2/c1-10-4-12(13-5-16(20)22-7-15(13)29-2)14(6-21-10)17(27)23-19-25-24-18(30-19)11-8-31(3,9-11)26-28/h4-7,11H,8-9H2,1-3H3,(H,23,25,27). The number of nitrogens with one attached hydrogen (secondary N) is 1.